The van der Waals surface area contributed by atoms with Gasteiger partial charge in [0.2, 0.25) is 11.8 Å². The fraction of sp³-hybridized carbons (Fsp3) is 0.750. The Kier molecular flexibility index (Phi) is 6.35. The smallest absolute Gasteiger partial charge is 0.303 e. The lowest BCUT2D eigenvalue weighted by Gasteiger charge is -2.05. The van der Waals surface area contributed by atoms with Crippen LogP contribution in [0.25, 0.3) is 0 Å². The molecule has 0 fully saturated rings. The molecule has 6 heteroatoms. The summed E-state index contributed by atoms with van der Waals surface area (Å²) in [6, 6.07) is 0. The largest absolute Gasteiger partial charge is 0.481 e. The van der Waals surface area contributed by atoms with E-state index in [0.717, 1.165) is 12.8 Å². The van der Waals surface area contributed by atoms with Crippen molar-refractivity contribution in [3.63, 3.8) is 0 Å². The molecule has 1 aromatic rings. The molecule has 0 spiro atoms. The fourth-order valence-corrected chi connectivity index (χ4v) is 1.49. The van der Waals surface area contributed by atoms with Gasteiger partial charge in [-0.25, -0.2) is 0 Å². The predicted molar refractivity (Wildman–Crippen MR) is 64.3 cm³/mol. The van der Waals surface area contributed by atoms with Gasteiger partial charge in [-0.05, 0) is 26.2 Å². The zero-order chi connectivity index (χ0) is 13.4. The number of ether oxygens (including phenoxy) is 1. The first-order chi connectivity index (χ1) is 8.61. The number of hydrogen-bond acceptors (Lipinski definition) is 5. The number of rotatable bonds is 9. The Morgan fingerprint density at radius 3 is 2.61 bits per heavy atom. The Morgan fingerprint density at radius 2 is 2.00 bits per heavy atom. The van der Waals surface area contributed by atoms with Crippen molar-refractivity contribution < 1.29 is 19.1 Å². The molecule has 6 nitrogen and oxygen atoms in total. The molecule has 102 valence electrons. The van der Waals surface area contributed by atoms with Gasteiger partial charge >= 0.3 is 5.97 Å². The normalized spacial score (nSPS) is 12.6. The van der Waals surface area contributed by atoms with Crippen molar-refractivity contribution in [1.82, 2.24) is 10.2 Å². The van der Waals surface area contributed by atoms with Gasteiger partial charge in [-0.15, -0.1) is 10.2 Å². The molecule has 1 N–H and O–H groups in total. The molecule has 0 amide bonds. The second-order valence-electron chi connectivity index (χ2n) is 4.28. The maximum absolute atomic E-state index is 10.3. The SMILES string of the molecule is COC(C)CCc1nnc(CCCCC(=O)O)o1. The zero-order valence-corrected chi connectivity index (χ0v) is 10.9. The van der Waals surface area contributed by atoms with Gasteiger partial charge in [-0.3, -0.25) is 4.79 Å². The van der Waals surface area contributed by atoms with E-state index in [2.05, 4.69) is 10.2 Å². The molecule has 0 saturated carbocycles. The molecule has 18 heavy (non-hydrogen) atoms. The first kappa shape index (κ1) is 14.6. The van der Waals surface area contributed by atoms with E-state index in [1.807, 2.05) is 6.92 Å². The Bertz CT molecular complexity index is 365. The summed E-state index contributed by atoms with van der Waals surface area (Å²) < 4.78 is 10.6. The summed E-state index contributed by atoms with van der Waals surface area (Å²) in [7, 11) is 1.67. The van der Waals surface area contributed by atoms with E-state index in [-0.39, 0.29) is 12.5 Å². The van der Waals surface area contributed by atoms with Gasteiger partial charge in [0.15, 0.2) is 0 Å². The van der Waals surface area contributed by atoms with Crippen molar-refractivity contribution in [2.24, 2.45) is 0 Å². The molecule has 0 radical (unpaired) electrons. The van der Waals surface area contributed by atoms with Crippen molar-refractivity contribution in [3.05, 3.63) is 11.8 Å². The minimum absolute atomic E-state index is 0.177. The van der Waals surface area contributed by atoms with E-state index in [4.69, 9.17) is 14.3 Å². The number of aryl methyl sites for hydroxylation is 2. The highest BCUT2D eigenvalue weighted by Gasteiger charge is 2.08. The Morgan fingerprint density at radius 1 is 1.33 bits per heavy atom. The molecule has 1 heterocycles. The first-order valence-electron chi connectivity index (χ1n) is 6.17. The van der Waals surface area contributed by atoms with Gasteiger partial charge in [-0.1, -0.05) is 0 Å². The minimum Gasteiger partial charge on any atom is -0.481 e. The van der Waals surface area contributed by atoms with Crippen molar-refractivity contribution >= 4 is 5.97 Å². The highest BCUT2D eigenvalue weighted by Crippen LogP contribution is 2.09. The lowest BCUT2D eigenvalue weighted by atomic mass is 10.2. The number of aliphatic carboxylic acids is 1. The van der Waals surface area contributed by atoms with Gasteiger partial charge in [0.05, 0.1) is 6.10 Å². The number of unbranched alkanes of at least 4 members (excludes halogenated alkanes) is 1. The summed E-state index contributed by atoms with van der Waals surface area (Å²) in [5, 5.41) is 16.4. The monoisotopic (exact) mass is 256 g/mol. The topological polar surface area (TPSA) is 85.5 Å². The van der Waals surface area contributed by atoms with Crippen LogP contribution in [-0.2, 0) is 22.4 Å². The number of methoxy groups -OCH3 is 1. The highest BCUT2D eigenvalue weighted by atomic mass is 16.5. The number of carboxylic acid groups (broad SMARTS) is 1. The molecule has 0 aliphatic heterocycles. The third kappa shape index (κ3) is 5.77. The Hall–Kier alpha value is -1.43. The Balaban J connectivity index is 2.23. The predicted octanol–water partition coefficient (Wildman–Crippen LogP) is 1.83. The van der Waals surface area contributed by atoms with E-state index < -0.39 is 5.97 Å². The third-order valence-electron chi connectivity index (χ3n) is 2.71. The van der Waals surface area contributed by atoms with Crippen LogP contribution < -0.4 is 0 Å². The maximum Gasteiger partial charge on any atom is 0.303 e. The van der Waals surface area contributed by atoms with Gasteiger partial charge in [0.1, 0.15) is 0 Å². The van der Waals surface area contributed by atoms with Crippen molar-refractivity contribution in [3.8, 4) is 0 Å². The molecule has 1 atom stereocenters. The summed E-state index contributed by atoms with van der Waals surface area (Å²) in [4.78, 5) is 10.3. The number of hydrogen-bond donors (Lipinski definition) is 1. The van der Waals surface area contributed by atoms with Crippen LogP contribution in [0.4, 0.5) is 0 Å². The number of carboxylic acids is 1. The molecule has 1 aromatic heterocycles. The van der Waals surface area contributed by atoms with Crippen LogP contribution in [0.2, 0.25) is 0 Å². The molecule has 0 aliphatic carbocycles. The van der Waals surface area contributed by atoms with Crippen LogP contribution in [0, 0.1) is 0 Å². The van der Waals surface area contributed by atoms with E-state index >= 15 is 0 Å². The molecular formula is C12H20N2O4. The molecule has 0 bridgehead atoms. The van der Waals surface area contributed by atoms with Crippen LogP contribution in [0.5, 0.6) is 0 Å². The second kappa shape index (κ2) is 7.81. The van der Waals surface area contributed by atoms with Crippen molar-refractivity contribution in [2.75, 3.05) is 7.11 Å². The van der Waals surface area contributed by atoms with Crippen LogP contribution in [0.3, 0.4) is 0 Å². The van der Waals surface area contributed by atoms with E-state index in [1.165, 1.54) is 0 Å². The molecule has 1 rings (SSSR count). The molecule has 0 aliphatic rings. The summed E-state index contributed by atoms with van der Waals surface area (Å²) in [6.07, 6.45) is 3.94. The summed E-state index contributed by atoms with van der Waals surface area (Å²) in [6.45, 7) is 1.99. The van der Waals surface area contributed by atoms with Gasteiger partial charge in [0.25, 0.3) is 0 Å². The zero-order valence-electron chi connectivity index (χ0n) is 10.9. The number of carbonyl (C=O) groups is 1. The second-order valence-corrected chi connectivity index (χ2v) is 4.28. The van der Waals surface area contributed by atoms with Crippen LogP contribution in [0.1, 0.15) is 44.4 Å². The standard InChI is InChI=1S/C12H20N2O4/c1-9(17-2)7-8-11-14-13-10(18-11)5-3-4-6-12(15)16/h9H,3-8H2,1-2H3,(H,15,16). The summed E-state index contributed by atoms with van der Waals surface area (Å²) >= 11 is 0. The van der Waals surface area contributed by atoms with Crippen molar-refractivity contribution in [1.29, 1.82) is 0 Å². The summed E-state index contributed by atoms with van der Waals surface area (Å²) in [5.41, 5.74) is 0. The van der Waals surface area contributed by atoms with Gasteiger partial charge in [-0.2, -0.15) is 0 Å². The fourth-order valence-electron chi connectivity index (χ4n) is 1.49. The van der Waals surface area contributed by atoms with Gasteiger partial charge in [0, 0.05) is 26.4 Å². The highest BCUT2D eigenvalue weighted by molar-refractivity contribution is 5.66. The maximum atomic E-state index is 10.3. The lowest BCUT2D eigenvalue weighted by Crippen LogP contribution is -2.05. The third-order valence-corrected chi connectivity index (χ3v) is 2.71. The van der Waals surface area contributed by atoms with E-state index in [0.29, 0.717) is 31.0 Å². The average Bonchev–Trinajstić information content (AvgIpc) is 2.79. The minimum atomic E-state index is -0.769. The van der Waals surface area contributed by atoms with Crippen LogP contribution in [-0.4, -0.2) is 34.5 Å². The van der Waals surface area contributed by atoms with E-state index in [9.17, 15) is 4.79 Å². The molecule has 1 unspecified atom stereocenters. The number of aromatic nitrogens is 2. The van der Waals surface area contributed by atoms with Crippen LogP contribution >= 0.6 is 0 Å². The molecular weight excluding hydrogens is 236 g/mol. The molecule has 0 saturated heterocycles. The van der Waals surface area contributed by atoms with Crippen LogP contribution in [0.15, 0.2) is 4.42 Å². The lowest BCUT2D eigenvalue weighted by molar-refractivity contribution is -0.137. The van der Waals surface area contributed by atoms with E-state index in [1.54, 1.807) is 7.11 Å². The summed E-state index contributed by atoms with van der Waals surface area (Å²) in [5.74, 6) is 0.433. The molecule has 0 aromatic carbocycles. The first-order valence-corrected chi connectivity index (χ1v) is 6.17. The Labute approximate surface area is 106 Å². The van der Waals surface area contributed by atoms with Gasteiger partial charge < -0.3 is 14.3 Å². The van der Waals surface area contributed by atoms with Crippen molar-refractivity contribution in [2.45, 2.75) is 51.6 Å². The average molecular weight is 256 g/mol. The quantitative estimate of drug-likeness (QED) is 0.678. The number of nitrogens with zero attached hydrogens (tertiary/aromatic N) is 2.